The Kier molecular flexibility index (Phi) is 7.26. The zero-order valence-electron chi connectivity index (χ0n) is 21.3. The molecular weight excluding hydrogens is 484 g/mol. The van der Waals surface area contributed by atoms with E-state index >= 15 is 0 Å². The topological polar surface area (TPSA) is 94.7 Å². The van der Waals surface area contributed by atoms with Crippen LogP contribution >= 0.6 is 11.6 Å². The zero-order valence-corrected chi connectivity index (χ0v) is 22.1. The van der Waals surface area contributed by atoms with E-state index < -0.39 is 0 Å². The Morgan fingerprint density at radius 2 is 1.89 bits per heavy atom. The van der Waals surface area contributed by atoms with Crippen LogP contribution < -0.4 is 10.6 Å². The Hall–Kier alpha value is -3.67. The summed E-state index contributed by atoms with van der Waals surface area (Å²) in [7, 11) is 2.14. The van der Waals surface area contributed by atoms with Crippen LogP contribution in [0.2, 0.25) is 5.02 Å². The van der Waals surface area contributed by atoms with Gasteiger partial charge in [0.25, 0.3) is 0 Å². The molecule has 5 rings (SSSR count). The quantitative estimate of drug-likeness (QED) is 0.329. The molecule has 9 heteroatoms. The molecule has 0 radical (unpaired) electrons. The summed E-state index contributed by atoms with van der Waals surface area (Å²) < 4.78 is 1.85. The summed E-state index contributed by atoms with van der Waals surface area (Å²) in [6.45, 7) is 6.19. The lowest BCUT2D eigenvalue weighted by Gasteiger charge is -2.30. The molecule has 190 valence electrons. The van der Waals surface area contributed by atoms with E-state index in [1.807, 2.05) is 41.2 Å². The number of nitrogens with one attached hydrogen (secondary N) is 2. The summed E-state index contributed by atoms with van der Waals surface area (Å²) in [5.41, 5.74) is 4.65. The van der Waals surface area contributed by atoms with Gasteiger partial charge in [0.05, 0.1) is 34.0 Å². The van der Waals surface area contributed by atoms with Crippen molar-refractivity contribution < 1.29 is 0 Å². The molecule has 1 aliphatic rings. The number of piperidine rings is 1. The minimum atomic E-state index is -0.236. The minimum Gasteiger partial charge on any atom is -0.381 e. The van der Waals surface area contributed by atoms with Gasteiger partial charge < -0.3 is 15.5 Å². The second-order valence-electron chi connectivity index (χ2n) is 9.94. The molecule has 0 aliphatic carbocycles. The molecule has 8 nitrogen and oxygen atoms in total. The van der Waals surface area contributed by atoms with E-state index in [1.54, 1.807) is 6.20 Å². The van der Waals surface area contributed by atoms with Crippen LogP contribution in [0.1, 0.15) is 55.6 Å². The molecule has 3 heterocycles. The fourth-order valence-corrected chi connectivity index (χ4v) is 5.02. The third kappa shape index (κ3) is 5.38. The molecule has 2 aromatic carbocycles. The van der Waals surface area contributed by atoms with Gasteiger partial charge in [0.2, 0.25) is 0 Å². The van der Waals surface area contributed by atoms with Gasteiger partial charge in [0.1, 0.15) is 11.8 Å². The van der Waals surface area contributed by atoms with Gasteiger partial charge in [-0.1, -0.05) is 47.1 Å². The normalized spacial score (nSPS) is 15.6. The van der Waals surface area contributed by atoms with Crippen LogP contribution in [-0.2, 0) is 0 Å². The number of nitriles is 1. The van der Waals surface area contributed by atoms with Crippen molar-refractivity contribution in [2.75, 3.05) is 30.8 Å². The largest absolute Gasteiger partial charge is 0.381 e. The predicted molar refractivity (Wildman–Crippen MR) is 148 cm³/mol. The molecule has 0 spiro atoms. The lowest BCUT2D eigenvalue weighted by Crippen LogP contribution is -2.36. The van der Waals surface area contributed by atoms with Gasteiger partial charge in [-0.25, -0.2) is 4.68 Å². The van der Waals surface area contributed by atoms with Gasteiger partial charge in [0, 0.05) is 29.4 Å². The Morgan fingerprint density at radius 1 is 1.14 bits per heavy atom. The molecular formula is C28H31ClN8. The number of rotatable bonds is 7. The molecule has 37 heavy (non-hydrogen) atoms. The lowest BCUT2D eigenvalue weighted by molar-refractivity contribution is 0.264. The number of fused-ring (bicyclic) bond motifs is 1. The molecule has 1 saturated heterocycles. The summed E-state index contributed by atoms with van der Waals surface area (Å²) in [4.78, 5) is 6.85. The first-order valence-corrected chi connectivity index (χ1v) is 13.0. The maximum atomic E-state index is 9.87. The summed E-state index contributed by atoms with van der Waals surface area (Å²) in [6.07, 6.45) is 5.60. The number of benzene rings is 2. The SMILES string of the molecule is CC(C)n1cc(C(Nc2cc(Cl)c3ncc(C#N)c(NC4CCN(C)CC4)c3c2)c2ccccc2)nn1. The highest BCUT2D eigenvalue weighted by molar-refractivity contribution is 6.35. The number of likely N-dealkylation sites (tertiary alicyclic amines) is 1. The van der Waals surface area contributed by atoms with Crippen LogP contribution in [0.5, 0.6) is 0 Å². The van der Waals surface area contributed by atoms with Crippen molar-refractivity contribution in [2.45, 2.75) is 44.8 Å². The van der Waals surface area contributed by atoms with Crippen molar-refractivity contribution in [3.8, 4) is 6.07 Å². The average molecular weight is 515 g/mol. The Bertz CT molecular complexity index is 1420. The smallest absolute Gasteiger partial charge is 0.109 e. The van der Waals surface area contributed by atoms with Crippen molar-refractivity contribution in [2.24, 2.45) is 0 Å². The number of aromatic nitrogens is 4. The average Bonchev–Trinajstić information content (AvgIpc) is 3.40. The highest BCUT2D eigenvalue weighted by Gasteiger charge is 2.22. The molecule has 1 atom stereocenters. The van der Waals surface area contributed by atoms with Crippen LogP contribution in [0.3, 0.4) is 0 Å². The monoisotopic (exact) mass is 514 g/mol. The van der Waals surface area contributed by atoms with Gasteiger partial charge in [-0.2, -0.15) is 5.26 Å². The van der Waals surface area contributed by atoms with Gasteiger partial charge in [-0.3, -0.25) is 4.98 Å². The van der Waals surface area contributed by atoms with Crippen LogP contribution in [0, 0.1) is 11.3 Å². The molecule has 1 aliphatic heterocycles. The third-order valence-corrected chi connectivity index (χ3v) is 7.20. The molecule has 2 N–H and O–H groups in total. The Labute approximate surface area is 222 Å². The molecule has 0 bridgehead atoms. The number of halogens is 1. The van der Waals surface area contributed by atoms with E-state index in [0.717, 1.165) is 53.9 Å². The first-order valence-electron chi connectivity index (χ1n) is 12.6. The van der Waals surface area contributed by atoms with Crippen molar-refractivity contribution in [1.29, 1.82) is 5.26 Å². The Morgan fingerprint density at radius 3 is 2.57 bits per heavy atom. The molecule has 0 amide bonds. The van der Waals surface area contributed by atoms with E-state index in [2.05, 4.69) is 69.9 Å². The minimum absolute atomic E-state index is 0.205. The van der Waals surface area contributed by atoms with Crippen molar-refractivity contribution in [1.82, 2.24) is 24.9 Å². The molecule has 4 aromatic rings. The van der Waals surface area contributed by atoms with Crippen LogP contribution in [0.25, 0.3) is 10.9 Å². The van der Waals surface area contributed by atoms with Crippen LogP contribution in [0.15, 0.2) is 54.9 Å². The van der Waals surface area contributed by atoms with Gasteiger partial charge in [-0.05, 0) is 64.5 Å². The highest BCUT2D eigenvalue weighted by atomic mass is 35.5. The first-order chi connectivity index (χ1) is 17.9. The maximum Gasteiger partial charge on any atom is 0.109 e. The summed E-state index contributed by atoms with van der Waals surface area (Å²) >= 11 is 6.76. The number of hydrogen-bond donors (Lipinski definition) is 2. The van der Waals surface area contributed by atoms with E-state index in [9.17, 15) is 5.26 Å². The standard InChI is InChI=1S/C28H31ClN8/c1-18(2)37-17-25(34-35-37)27(19-7-5-4-6-8-19)33-22-13-23-26(32-21-9-11-36(3)12-10-21)20(15-30)16-31-28(23)24(29)14-22/h4-8,13-14,16-18,21,27,33H,9-12H2,1-3H3,(H,31,32). The number of hydrogen-bond acceptors (Lipinski definition) is 7. The van der Waals surface area contributed by atoms with E-state index in [0.29, 0.717) is 16.1 Å². The van der Waals surface area contributed by atoms with E-state index in [-0.39, 0.29) is 18.1 Å². The summed E-state index contributed by atoms with van der Waals surface area (Å²) in [6, 6.07) is 16.6. The molecule has 0 saturated carbocycles. The predicted octanol–water partition coefficient (Wildman–Crippen LogP) is 5.64. The second kappa shape index (κ2) is 10.8. The van der Waals surface area contributed by atoms with Crippen LogP contribution in [-0.4, -0.2) is 51.1 Å². The molecule has 1 fully saturated rings. The van der Waals surface area contributed by atoms with E-state index in [1.165, 1.54) is 0 Å². The van der Waals surface area contributed by atoms with Crippen molar-refractivity contribution in [3.05, 3.63) is 76.7 Å². The fraction of sp³-hybridized carbons (Fsp3) is 0.357. The van der Waals surface area contributed by atoms with Gasteiger partial charge in [-0.15, -0.1) is 5.10 Å². The van der Waals surface area contributed by atoms with Gasteiger partial charge >= 0.3 is 0 Å². The van der Waals surface area contributed by atoms with Crippen LogP contribution in [0.4, 0.5) is 11.4 Å². The lowest BCUT2D eigenvalue weighted by atomic mass is 10.0. The summed E-state index contributed by atoms with van der Waals surface area (Å²) in [5.74, 6) is 0. The maximum absolute atomic E-state index is 9.87. The molecule has 2 aromatic heterocycles. The first kappa shape index (κ1) is 25.0. The fourth-order valence-electron chi connectivity index (χ4n) is 4.76. The highest BCUT2D eigenvalue weighted by Crippen LogP contribution is 2.36. The second-order valence-corrected chi connectivity index (χ2v) is 10.3. The van der Waals surface area contributed by atoms with Crippen molar-refractivity contribution >= 4 is 33.9 Å². The third-order valence-electron chi connectivity index (χ3n) is 6.91. The van der Waals surface area contributed by atoms with Gasteiger partial charge in [0.15, 0.2) is 0 Å². The van der Waals surface area contributed by atoms with Crippen molar-refractivity contribution in [3.63, 3.8) is 0 Å². The molecule has 1 unspecified atom stereocenters. The van der Waals surface area contributed by atoms with E-state index in [4.69, 9.17) is 11.6 Å². The Balaban J connectivity index is 1.55. The summed E-state index contributed by atoms with van der Waals surface area (Å²) in [5, 5.41) is 27.3. The number of pyridine rings is 1. The number of anilines is 2. The zero-order chi connectivity index (χ0) is 25.9. The number of nitrogens with zero attached hydrogens (tertiary/aromatic N) is 6.